The fourth-order valence-corrected chi connectivity index (χ4v) is 2.86. The largest absolute Gasteiger partial charge is 0.384 e. The number of nitrogens with zero attached hydrogens (tertiary/aromatic N) is 2. The molecule has 0 atom stereocenters. The van der Waals surface area contributed by atoms with Crippen molar-refractivity contribution in [3.05, 3.63) is 71.8 Å². The van der Waals surface area contributed by atoms with Gasteiger partial charge in [-0.1, -0.05) is 6.07 Å². The van der Waals surface area contributed by atoms with Crippen molar-refractivity contribution < 1.29 is 14.3 Å². The van der Waals surface area contributed by atoms with Crippen LogP contribution in [0.15, 0.2) is 54.9 Å². The molecule has 0 saturated heterocycles. The van der Waals surface area contributed by atoms with E-state index in [4.69, 9.17) is 4.74 Å². The average Bonchev–Trinajstić information content (AvgIpc) is 3.14. The molecule has 2 N–H and O–H groups in total. The zero-order chi connectivity index (χ0) is 20.8. The SMILES string of the molecule is COCCC(=O)Nc1cc(C(=O)Nc2ccc(-n3ccnc3C)cc2)ccc1C. The monoisotopic (exact) mass is 392 g/mol. The first-order chi connectivity index (χ1) is 14.0. The van der Waals surface area contributed by atoms with Crippen molar-refractivity contribution in [1.29, 1.82) is 0 Å². The highest BCUT2D eigenvalue weighted by atomic mass is 16.5. The van der Waals surface area contributed by atoms with E-state index in [-0.39, 0.29) is 18.2 Å². The number of methoxy groups -OCH3 is 1. The van der Waals surface area contributed by atoms with Gasteiger partial charge in [0.2, 0.25) is 5.91 Å². The van der Waals surface area contributed by atoms with Crippen molar-refractivity contribution in [2.24, 2.45) is 0 Å². The van der Waals surface area contributed by atoms with E-state index in [9.17, 15) is 9.59 Å². The number of benzene rings is 2. The molecular formula is C22H24N4O3. The Morgan fingerprint density at radius 3 is 2.48 bits per heavy atom. The van der Waals surface area contributed by atoms with Crippen LogP contribution in [0.1, 0.15) is 28.2 Å². The lowest BCUT2D eigenvalue weighted by molar-refractivity contribution is -0.117. The molecule has 0 bridgehead atoms. The first-order valence-corrected chi connectivity index (χ1v) is 9.29. The van der Waals surface area contributed by atoms with Crippen LogP contribution in [0.2, 0.25) is 0 Å². The van der Waals surface area contributed by atoms with Gasteiger partial charge in [0.15, 0.2) is 0 Å². The molecule has 0 aliphatic rings. The lowest BCUT2D eigenvalue weighted by atomic mass is 10.1. The molecule has 0 aliphatic carbocycles. The normalized spacial score (nSPS) is 10.6. The van der Waals surface area contributed by atoms with Gasteiger partial charge >= 0.3 is 0 Å². The minimum atomic E-state index is -0.246. The van der Waals surface area contributed by atoms with E-state index < -0.39 is 0 Å². The summed E-state index contributed by atoms with van der Waals surface area (Å²) in [7, 11) is 1.55. The summed E-state index contributed by atoms with van der Waals surface area (Å²) in [5, 5.41) is 5.71. The van der Waals surface area contributed by atoms with Crippen LogP contribution in [0.5, 0.6) is 0 Å². The molecule has 0 unspecified atom stereocenters. The number of hydrogen-bond donors (Lipinski definition) is 2. The summed E-state index contributed by atoms with van der Waals surface area (Å²) in [6.45, 7) is 4.16. The second kappa shape index (κ2) is 9.16. The smallest absolute Gasteiger partial charge is 0.255 e. The first-order valence-electron chi connectivity index (χ1n) is 9.29. The maximum Gasteiger partial charge on any atom is 0.255 e. The summed E-state index contributed by atoms with van der Waals surface area (Å²) < 4.78 is 6.88. The molecule has 3 rings (SSSR count). The third kappa shape index (κ3) is 5.08. The van der Waals surface area contributed by atoms with Crippen molar-refractivity contribution in [3.8, 4) is 5.69 Å². The molecule has 3 aromatic rings. The molecule has 0 aliphatic heterocycles. The van der Waals surface area contributed by atoms with Crippen molar-refractivity contribution >= 4 is 23.2 Å². The highest BCUT2D eigenvalue weighted by Crippen LogP contribution is 2.20. The van der Waals surface area contributed by atoms with Gasteiger partial charge in [-0.3, -0.25) is 9.59 Å². The summed E-state index contributed by atoms with van der Waals surface area (Å²) >= 11 is 0. The molecule has 7 heteroatoms. The number of amides is 2. The van der Waals surface area contributed by atoms with Crippen LogP contribution in [0.4, 0.5) is 11.4 Å². The number of aryl methyl sites for hydroxylation is 2. The highest BCUT2D eigenvalue weighted by Gasteiger charge is 2.11. The molecule has 2 aromatic carbocycles. The number of carbonyl (C=O) groups is 2. The zero-order valence-corrected chi connectivity index (χ0v) is 16.7. The molecule has 0 fully saturated rings. The highest BCUT2D eigenvalue weighted by molar-refractivity contribution is 6.05. The maximum absolute atomic E-state index is 12.6. The fourth-order valence-electron chi connectivity index (χ4n) is 2.86. The first kappa shape index (κ1) is 20.3. The van der Waals surface area contributed by atoms with Crippen molar-refractivity contribution in [2.75, 3.05) is 24.4 Å². The van der Waals surface area contributed by atoms with Crippen LogP contribution in [0.3, 0.4) is 0 Å². The Morgan fingerprint density at radius 2 is 1.83 bits per heavy atom. The van der Waals surface area contributed by atoms with Crippen molar-refractivity contribution in [1.82, 2.24) is 9.55 Å². The van der Waals surface area contributed by atoms with Gasteiger partial charge in [0, 0.05) is 42.1 Å². The number of ether oxygens (including phenoxy) is 1. The second-order valence-electron chi connectivity index (χ2n) is 6.67. The van der Waals surface area contributed by atoms with E-state index in [1.165, 1.54) is 0 Å². The Bertz CT molecular complexity index is 1010. The predicted octanol–water partition coefficient (Wildman–Crippen LogP) is 3.72. The molecular weight excluding hydrogens is 368 g/mol. The van der Waals surface area contributed by atoms with E-state index >= 15 is 0 Å². The Hall–Kier alpha value is -3.45. The molecule has 29 heavy (non-hydrogen) atoms. The lowest BCUT2D eigenvalue weighted by Crippen LogP contribution is -2.16. The molecule has 0 radical (unpaired) electrons. The number of rotatable bonds is 7. The van der Waals surface area contributed by atoms with Crippen LogP contribution in [-0.4, -0.2) is 35.1 Å². The summed E-state index contributed by atoms with van der Waals surface area (Å²) in [4.78, 5) is 28.8. The Morgan fingerprint density at radius 1 is 1.07 bits per heavy atom. The van der Waals surface area contributed by atoms with E-state index in [0.717, 1.165) is 17.1 Å². The molecule has 150 valence electrons. The van der Waals surface area contributed by atoms with Crippen molar-refractivity contribution in [3.63, 3.8) is 0 Å². The van der Waals surface area contributed by atoms with E-state index in [0.29, 0.717) is 23.5 Å². The summed E-state index contributed by atoms with van der Waals surface area (Å²) in [5.41, 5.74) is 3.61. The molecule has 1 aromatic heterocycles. The van der Waals surface area contributed by atoms with Gasteiger partial charge in [-0.2, -0.15) is 0 Å². The van der Waals surface area contributed by atoms with E-state index in [1.54, 1.807) is 25.4 Å². The van der Waals surface area contributed by atoms with E-state index in [2.05, 4.69) is 15.6 Å². The minimum absolute atomic E-state index is 0.155. The molecule has 1 heterocycles. The number of hydrogen-bond acceptors (Lipinski definition) is 4. The third-order valence-corrected chi connectivity index (χ3v) is 4.54. The maximum atomic E-state index is 12.6. The molecule has 2 amide bonds. The zero-order valence-electron chi connectivity index (χ0n) is 16.7. The van der Waals surface area contributed by atoms with Gasteiger partial charge in [-0.15, -0.1) is 0 Å². The number of carbonyl (C=O) groups excluding carboxylic acids is 2. The standard InChI is InChI=1S/C22H24N4O3/c1-15-4-5-17(14-20(15)25-21(27)10-13-29-3)22(28)24-18-6-8-19(9-7-18)26-12-11-23-16(26)2/h4-9,11-12,14H,10,13H2,1-3H3,(H,24,28)(H,25,27). The third-order valence-electron chi connectivity index (χ3n) is 4.54. The van der Waals surface area contributed by atoms with Crippen LogP contribution in [0.25, 0.3) is 5.69 Å². The van der Waals surface area contributed by atoms with Crippen LogP contribution in [-0.2, 0) is 9.53 Å². The predicted molar refractivity (Wildman–Crippen MR) is 113 cm³/mol. The van der Waals surface area contributed by atoms with Gasteiger partial charge in [0.1, 0.15) is 5.82 Å². The van der Waals surface area contributed by atoms with Crippen LogP contribution < -0.4 is 10.6 Å². The summed E-state index contributed by atoms with van der Waals surface area (Å²) in [6, 6.07) is 12.7. The quantitative estimate of drug-likeness (QED) is 0.642. The Labute approximate surface area is 169 Å². The van der Waals surface area contributed by atoms with E-state index in [1.807, 2.05) is 54.9 Å². The molecule has 0 spiro atoms. The van der Waals surface area contributed by atoms with Gasteiger partial charge in [0.05, 0.1) is 13.0 Å². The lowest BCUT2D eigenvalue weighted by Gasteiger charge is -2.12. The minimum Gasteiger partial charge on any atom is -0.384 e. The number of aromatic nitrogens is 2. The number of imidazole rings is 1. The second-order valence-corrected chi connectivity index (χ2v) is 6.67. The van der Waals surface area contributed by atoms with Gasteiger partial charge in [0.25, 0.3) is 5.91 Å². The summed E-state index contributed by atoms with van der Waals surface area (Å²) in [6.07, 6.45) is 3.89. The van der Waals surface area contributed by atoms with Crippen LogP contribution in [0, 0.1) is 13.8 Å². The van der Waals surface area contributed by atoms with Gasteiger partial charge in [-0.25, -0.2) is 4.98 Å². The van der Waals surface area contributed by atoms with Gasteiger partial charge in [-0.05, 0) is 55.8 Å². The molecule has 0 saturated carbocycles. The van der Waals surface area contributed by atoms with Gasteiger partial charge < -0.3 is 19.9 Å². The van der Waals surface area contributed by atoms with Crippen LogP contribution >= 0.6 is 0 Å². The topological polar surface area (TPSA) is 85.2 Å². The number of nitrogens with one attached hydrogen (secondary N) is 2. The average molecular weight is 392 g/mol. The Balaban J connectivity index is 1.69. The molecule has 7 nitrogen and oxygen atoms in total. The van der Waals surface area contributed by atoms with Crippen molar-refractivity contribution in [2.45, 2.75) is 20.3 Å². The number of anilines is 2. The summed E-state index contributed by atoms with van der Waals surface area (Å²) in [5.74, 6) is 0.489. The fraction of sp³-hybridized carbons (Fsp3) is 0.227. The Kier molecular flexibility index (Phi) is 6.41.